The molecule has 0 atom stereocenters. The lowest BCUT2D eigenvalue weighted by atomic mass is 11.5. The summed E-state index contributed by atoms with van der Waals surface area (Å²) in [5, 5.41) is 7.53. The second-order valence-electron chi connectivity index (χ2n) is 0.397. The normalized spacial score (nSPS) is 4.67. The smallest absolute Gasteiger partial charge is 0.307 e. The van der Waals surface area contributed by atoms with Crippen molar-refractivity contribution in [3.8, 4) is 6.26 Å². The molecule has 4 heteroatoms. The molecule has 0 aromatic carbocycles. The van der Waals surface area contributed by atoms with Gasteiger partial charge in [0.2, 0.25) is 0 Å². The first-order valence-electron chi connectivity index (χ1n) is 1.13. The van der Waals surface area contributed by atoms with Crippen molar-refractivity contribution in [2.24, 2.45) is 0 Å². The number of hydrogen-bond donors (Lipinski definition) is 1. The Balaban J connectivity index is 0. The molecule has 0 saturated heterocycles. The van der Waals surface area contributed by atoms with Gasteiger partial charge in [0.15, 0.2) is 0 Å². The van der Waals surface area contributed by atoms with E-state index in [9.17, 15) is 0 Å². The second kappa shape index (κ2) is 8.82. The van der Waals surface area contributed by atoms with Crippen LogP contribution in [0.1, 0.15) is 0 Å². The molecule has 0 aliphatic rings. The molecule has 6 heavy (non-hydrogen) atoms. The zero-order valence-corrected chi connectivity index (χ0v) is 4.08. The predicted molar refractivity (Wildman–Crippen MR) is 23.0 cm³/mol. The maximum atomic E-state index is 7.53. The summed E-state index contributed by atoms with van der Waals surface area (Å²) in [6.07, 6.45) is 1.41. The molecule has 0 rings (SSSR count). The molecule has 0 fully saturated rings. The second-order valence-corrected chi connectivity index (χ2v) is 0.397. The molecule has 0 spiro atoms. The average Bonchev–Trinajstić information content (AvgIpc) is 1.41. The topological polar surface area (TPSA) is 45.0 Å². The Labute approximate surface area is 42.3 Å². The summed E-state index contributed by atoms with van der Waals surface area (Å²) in [6.45, 7) is 0. The Morgan fingerprint density at radius 1 is 1.83 bits per heavy atom. The van der Waals surface area contributed by atoms with Gasteiger partial charge in [-0.2, -0.15) is 0 Å². The van der Waals surface area contributed by atoms with Gasteiger partial charge < -0.3 is 4.84 Å². The summed E-state index contributed by atoms with van der Waals surface area (Å²) in [7, 11) is 1.52. The van der Waals surface area contributed by atoms with Crippen molar-refractivity contribution in [3.63, 3.8) is 0 Å². The van der Waals surface area contributed by atoms with Crippen LogP contribution in [0, 0.1) is 11.5 Å². The molecular weight excluding hydrogens is 103 g/mol. The minimum Gasteiger partial charge on any atom is -0.331 e. The monoisotopic (exact) mass is 108 g/mol. The number of nitrogens with one attached hydrogen (secondary N) is 1. The fourth-order valence-electron chi connectivity index (χ4n) is 0.0456. The first kappa shape index (κ1) is 9.11. The molecule has 0 aromatic heterocycles. The lowest BCUT2D eigenvalue weighted by Gasteiger charge is -1.78. The molecular formula is C2H5ClN2O. The first-order valence-corrected chi connectivity index (χ1v) is 1.13. The van der Waals surface area contributed by atoms with Crippen molar-refractivity contribution >= 4 is 12.4 Å². The van der Waals surface area contributed by atoms with Gasteiger partial charge in [-0.1, -0.05) is 0 Å². The minimum atomic E-state index is 0. The molecule has 0 unspecified atom stereocenters. The SMILES string of the molecule is CNOC#N.Cl. The highest BCUT2D eigenvalue weighted by molar-refractivity contribution is 5.85. The molecule has 0 heterocycles. The summed E-state index contributed by atoms with van der Waals surface area (Å²) in [5.74, 6) is 0. The van der Waals surface area contributed by atoms with Crippen molar-refractivity contribution in [3.05, 3.63) is 0 Å². The van der Waals surface area contributed by atoms with Crippen molar-refractivity contribution in [2.75, 3.05) is 7.05 Å². The van der Waals surface area contributed by atoms with Crippen LogP contribution < -0.4 is 5.48 Å². The summed E-state index contributed by atoms with van der Waals surface area (Å²) in [6, 6.07) is 0. The van der Waals surface area contributed by atoms with Crippen molar-refractivity contribution in [1.29, 1.82) is 5.26 Å². The van der Waals surface area contributed by atoms with Crippen LogP contribution in [0.4, 0.5) is 0 Å². The Bertz CT molecular complexity index is 50.0. The van der Waals surface area contributed by atoms with Gasteiger partial charge in [0.1, 0.15) is 0 Å². The van der Waals surface area contributed by atoms with Crippen LogP contribution in [0.15, 0.2) is 0 Å². The van der Waals surface area contributed by atoms with Gasteiger partial charge in [-0.15, -0.1) is 23.1 Å². The van der Waals surface area contributed by atoms with E-state index in [-0.39, 0.29) is 12.4 Å². The summed E-state index contributed by atoms with van der Waals surface area (Å²) in [4.78, 5) is 3.89. The summed E-state index contributed by atoms with van der Waals surface area (Å²) in [5.41, 5.74) is 2.16. The minimum absolute atomic E-state index is 0. The summed E-state index contributed by atoms with van der Waals surface area (Å²) < 4.78 is 0. The highest BCUT2D eigenvalue weighted by atomic mass is 35.5. The molecule has 0 aliphatic heterocycles. The Hall–Kier alpha value is -0.460. The van der Waals surface area contributed by atoms with E-state index in [0.29, 0.717) is 0 Å². The summed E-state index contributed by atoms with van der Waals surface area (Å²) >= 11 is 0. The molecule has 0 saturated carbocycles. The standard InChI is InChI=1S/C2H4N2O.ClH/c1-4-5-2-3;/h4H,1H3;1H. The van der Waals surface area contributed by atoms with E-state index in [1.165, 1.54) is 13.3 Å². The van der Waals surface area contributed by atoms with Crippen molar-refractivity contribution in [1.82, 2.24) is 5.48 Å². The third-order valence-corrected chi connectivity index (χ3v) is 0.148. The van der Waals surface area contributed by atoms with Gasteiger partial charge in [0.25, 0.3) is 0 Å². The van der Waals surface area contributed by atoms with E-state index < -0.39 is 0 Å². The molecule has 0 aromatic rings. The maximum absolute atomic E-state index is 7.53. The maximum Gasteiger partial charge on any atom is 0.307 e. The van der Waals surface area contributed by atoms with Crippen LogP contribution in [-0.2, 0) is 4.84 Å². The predicted octanol–water partition coefficient (Wildman–Crippen LogP) is 0.0403. The van der Waals surface area contributed by atoms with Crippen LogP contribution >= 0.6 is 12.4 Å². The van der Waals surface area contributed by atoms with Gasteiger partial charge in [-0.3, -0.25) is 0 Å². The van der Waals surface area contributed by atoms with Crippen LogP contribution in [0.25, 0.3) is 0 Å². The number of hydroxylamine groups is 1. The number of rotatable bonds is 1. The molecule has 0 aliphatic carbocycles. The average molecular weight is 109 g/mol. The van der Waals surface area contributed by atoms with Crippen LogP contribution in [-0.4, -0.2) is 7.05 Å². The largest absolute Gasteiger partial charge is 0.331 e. The van der Waals surface area contributed by atoms with Gasteiger partial charge in [-0.05, 0) is 0 Å². The lowest BCUT2D eigenvalue weighted by Crippen LogP contribution is -1.99. The van der Waals surface area contributed by atoms with Crippen molar-refractivity contribution < 1.29 is 4.84 Å². The highest BCUT2D eigenvalue weighted by Gasteiger charge is 1.56. The number of halogens is 1. The molecule has 3 nitrogen and oxygen atoms in total. The number of hydrogen-bond acceptors (Lipinski definition) is 3. The third-order valence-electron chi connectivity index (χ3n) is 0.148. The zero-order chi connectivity index (χ0) is 4.12. The quantitative estimate of drug-likeness (QED) is 0.381. The van der Waals surface area contributed by atoms with Crippen LogP contribution in [0.3, 0.4) is 0 Å². The van der Waals surface area contributed by atoms with Crippen molar-refractivity contribution in [2.45, 2.75) is 0 Å². The van der Waals surface area contributed by atoms with Gasteiger partial charge in [0, 0.05) is 7.05 Å². The molecule has 0 amide bonds. The van der Waals surface area contributed by atoms with E-state index in [1.54, 1.807) is 0 Å². The molecule has 36 valence electrons. The van der Waals surface area contributed by atoms with E-state index in [2.05, 4.69) is 10.3 Å². The Morgan fingerprint density at radius 3 is 2.33 bits per heavy atom. The van der Waals surface area contributed by atoms with E-state index in [0.717, 1.165) is 0 Å². The Morgan fingerprint density at radius 2 is 2.33 bits per heavy atom. The lowest BCUT2D eigenvalue weighted by molar-refractivity contribution is 0.178. The zero-order valence-electron chi connectivity index (χ0n) is 3.26. The first-order chi connectivity index (χ1) is 2.41. The van der Waals surface area contributed by atoms with Gasteiger partial charge in [-0.25, -0.2) is 0 Å². The molecule has 0 radical (unpaired) electrons. The number of nitriles is 1. The Kier molecular flexibility index (Phi) is 13.4. The molecule has 1 N–H and O–H groups in total. The van der Waals surface area contributed by atoms with Crippen LogP contribution in [0.5, 0.6) is 0 Å². The fourth-order valence-corrected chi connectivity index (χ4v) is 0.0456. The fraction of sp³-hybridized carbons (Fsp3) is 0.500. The van der Waals surface area contributed by atoms with E-state index in [1.807, 2.05) is 0 Å². The highest BCUT2D eigenvalue weighted by Crippen LogP contribution is 1.43. The van der Waals surface area contributed by atoms with E-state index >= 15 is 0 Å². The third kappa shape index (κ3) is 9.63. The number of nitrogens with zero attached hydrogens (tertiary/aromatic N) is 1. The van der Waals surface area contributed by atoms with Gasteiger partial charge in [0.05, 0.1) is 0 Å². The molecule has 0 bridgehead atoms. The van der Waals surface area contributed by atoms with Gasteiger partial charge >= 0.3 is 6.26 Å². The van der Waals surface area contributed by atoms with Crippen LogP contribution in [0.2, 0.25) is 0 Å². The van der Waals surface area contributed by atoms with E-state index in [4.69, 9.17) is 5.26 Å².